The standard InChI is InChI=1S/C16H31N5/c1-13(2)17-12-16-14(3)18-21(15(16)4)11-10-20-8-6-19(5)7-9-20/h13,17H,6-12H2,1-5H3. The van der Waals surface area contributed by atoms with Crippen LogP contribution in [0.3, 0.4) is 0 Å². The predicted octanol–water partition coefficient (Wildman–Crippen LogP) is 1.25. The van der Waals surface area contributed by atoms with E-state index in [4.69, 9.17) is 5.10 Å². The number of hydrogen-bond acceptors (Lipinski definition) is 4. The van der Waals surface area contributed by atoms with Crippen molar-refractivity contribution in [2.75, 3.05) is 39.8 Å². The Bertz CT molecular complexity index is 444. The molecule has 0 spiro atoms. The lowest BCUT2D eigenvalue weighted by Crippen LogP contribution is -2.45. The quantitative estimate of drug-likeness (QED) is 0.856. The van der Waals surface area contributed by atoms with E-state index in [0.29, 0.717) is 6.04 Å². The molecule has 1 aromatic heterocycles. The van der Waals surface area contributed by atoms with Gasteiger partial charge in [-0.3, -0.25) is 9.58 Å². The molecule has 0 unspecified atom stereocenters. The number of aromatic nitrogens is 2. The van der Waals surface area contributed by atoms with Crippen molar-refractivity contribution >= 4 is 0 Å². The Kier molecular flexibility index (Phi) is 5.79. The molecule has 0 amide bonds. The molecule has 0 aromatic carbocycles. The SMILES string of the molecule is Cc1nn(CCN2CCN(C)CC2)c(C)c1CNC(C)C. The molecule has 1 aliphatic heterocycles. The lowest BCUT2D eigenvalue weighted by atomic mass is 10.2. The Balaban J connectivity index is 1.90. The highest BCUT2D eigenvalue weighted by Gasteiger charge is 2.15. The molecule has 120 valence electrons. The summed E-state index contributed by atoms with van der Waals surface area (Å²) >= 11 is 0. The minimum atomic E-state index is 0.512. The molecule has 1 aliphatic rings. The zero-order valence-corrected chi connectivity index (χ0v) is 14.3. The van der Waals surface area contributed by atoms with Crippen molar-refractivity contribution in [3.8, 4) is 0 Å². The number of likely N-dealkylation sites (N-methyl/N-ethyl adjacent to an activating group) is 1. The lowest BCUT2D eigenvalue weighted by molar-refractivity contribution is 0.148. The Morgan fingerprint density at radius 3 is 2.38 bits per heavy atom. The van der Waals surface area contributed by atoms with E-state index in [0.717, 1.165) is 19.6 Å². The summed E-state index contributed by atoms with van der Waals surface area (Å²) in [5, 5.41) is 8.22. The van der Waals surface area contributed by atoms with Gasteiger partial charge in [0.05, 0.1) is 12.2 Å². The van der Waals surface area contributed by atoms with Gasteiger partial charge in [-0.1, -0.05) is 13.8 Å². The van der Waals surface area contributed by atoms with E-state index >= 15 is 0 Å². The van der Waals surface area contributed by atoms with Crippen molar-refractivity contribution in [1.29, 1.82) is 0 Å². The molecule has 1 N–H and O–H groups in total. The van der Waals surface area contributed by atoms with E-state index < -0.39 is 0 Å². The van der Waals surface area contributed by atoms with Crippen LogP contribution in [0.2, 0.25) is 0 Å². The fourth-order valence-electron chi connectivity index (χ4n) is 2.82. The highest BCUT2D eigenvalue weighted by Crippen LogP contribution is 2.13. The van der Waals surface area contributed by atoms with Crippen molar-refractivity contribution in [2.45, 2.75) is 46.8 Å². The van der Waals surface area contributed by atoms with Crippen LogP contribution in [0.5, 0.6) is 0 Å². The van der Waals surface area contributed by atoms with Crippen LogP contribution in [0.25, 0.3) is 0 Å². The predicted molar refractivity (Wildman–Crippen MR) is 87.6 cm³/mol. The van der Waals surface area contributed by atoms with Crippen molar-refractivity contribution in [3.63, 3.8) is 0 Å². The van der Waals surface area contributed by atoms with E-state index in [-0.39, 0.29) is 0 Å². The van der Waals surface area contributed by atoms with Crippen LogP contribution in [0.15, 0.2) is 0 Å². The molecule has 5 heteroatoms. The lowest BCUT2D eigenvalue weighted by Gasteiger charge is -2.32. The van der Waals surface area contributed by atoms with Gasteiger partial charge in [-0.25, -0.2) is 0 Å². The summed E-state index contributed by atoms with van der Waals surface area (Å²) in [6.07, 6.45) is 0. The van der Waals surface area contributed by atoms with Gasteiger partial charge >= 0.3 is 0 Å². The van der Waals surface area contributed by atoms with Gasteiger partial charge in [0.2, 0.25) is 0 Å². The first-order chi connectivity index (χ1) is 9.97. The molecule has 0 atom stereocenters. The van der Waals surface area contributed by atoms with Crippen LogP contribution in [-0.4, -0.2) is 65.4 Å². The third-order valence-electron chi connectivity index (χ3n) is 4.44. The van der Waals surface area contributed by atoms with Gasteiger partial charge in [-0.15, -0.1) is 0 Å². The van der Waals surface area contributed by atoms with Crippen LogP contribution in [0.1, 0.15) is 30.8 Å². The van der Waals surface area contributed by atoms with Crippen LogP contribution in [0.4, 0.5) is 0 Å². The average molecular weight is 293 g/mol. The van der Waals surface area contributed by atoms with Gasteiger partial charge in [0, 0.05) is 56.6 Å². The number of nitrogens with zero attached hydrogens (tertiary/aromatic N) is 4. The maximum Gasteiger partial charge on any atom is 0.0641 e. The van der Waals surface area contributed by atoms with E-state index in [1.54, 1.807) is 0 Å². The summed E-state index contributed by atoms with van der Waals surface area (Å²) in [6, 6.07) is 0.512. The summed E-state index contributed by atoms with van der Waals surface area (Å²) < 4.78 is 2.19. The minimum absolute atomic E-state index is 0.512. The maximum absolute atomic E-state index is 4.73. The second-order valence-electron chi connectivity index (χ2n) is 6.55. The van der Waals surface area contributed by atoms with Crippen LogP contribution in [-0.2, 0) is 13.1 Å². The smallest absolute Gasteiger partial charge is 0.0641 e. The monoisotopic (exact) mass is 293 g/mol. The normalized spacial score (nSPS) is 17.8. The van der Waals surface area contributed by atoms with Crippen LogP contribution < -0.4 is 5.32 Å². The molecule has 2 rings (SSSR count). The molecule has 0 aliphatic carbocycles. The first kappa shape index (κ1) is 16.5. The molecule has 21 heavy (non-hydrogen) atoms. The summed E-state index contributed by atoms with van der Waals surface area (Å²) in [5.41, 5.74) is 3.84. The zero-order chi connectivity index (χ0) is 15.4. The third kappa shape index (κ3) is 4.53. The topological polar surface area (TPSA) is 36.3 Å². The fraction of sp³-hybridized carbons (Fsp3) is 0.812. The van der Waals surface area contributed by atoms with Crippen LogP contribution in [0, 0.1) is 13.8 Å². The van der Waals surface area contributed by atoms with Crippen molar-refractivity contribution < 1.29 is 0 Å². The van der Waals surface area contributed by atoms with Crippen molar-refractivity contribution in [3.05, 3.63) is 17.0 Å². The molecule has 1 aromatic rings. The van der Waals surface area contributed by atoms with Gasteiger partial charge in [0.1, 0.15) is 0 Å². The second-order valence-corrected chi connectivity index (χ2v) is 6.55. The Hall–Kier alpha value is -0.910. The molecule has 0 radical (unpaired) electrons. The van der Waals surface area contributed by atoms with Crippen LogP contribution >= 0.6 is 0 Å². The molecule has 1 saturated heterocycles. The molecular formula is C16H31N5. The number of rotatable bonds is 6. The molecule has 2 heterocycles. The van der Waals surface area contributed by atoms with Gasteiger partial charge in [-0.2, -0.15) is 5.10 Å². The zero-order valence-electron chi connectivity index (χ0n) is 14.3. The highest BCUT2D eigenvalue weighted by atomic mass is 15.3. The average Bonchev–Trinajstić information content (AvgIpc) is 2.70. The van der Waals surface area contributed by atoms with Gasteiger partial charge in [-0.05, 0) is 20.9 Å². The van der Waals surface area contributed by atoms with Gasteiger partial charge in [0.25, 0.3) is 0 Å². The maximum atomic E-state index is 4.73. The van der Waals surface area contributed by atoms with Gasteiger partial charge < -0.3 is 10.2 Å². The number of aryl methyl sites for hydroxylation is 1. The second kappa shape index (κ2) is 7.38. The van der Waals surface area contributed by atoms with Crippen molar-refractivity contribution in [2.24, 2.45) is 0 Å². The third-order valence-corrected chi connectivity index (χ3v) is 4.44. The molecule has 5 nitrogen and oxygen atoms in total. The Morgan fingerprint density at radius 1 is 1.10 bits per heavy atom. The number of hydrogen-bond donors (Lipinski definition) is 1. The number of piperazine rings is 1. The van der Waals surface area contributed by atoms with E-state index in [9.17, 15) is 0 Å². The molecule has 0 saturated carbocycles. The van der Waals surface area contributed by atoms with Gasteiger partial charge in [0.15, 0.2) is 0 Å². The summed E-state index contributed by atoms with van der Waals surface area (Å²) in [6.45, 7) is 16.4. The fourth-order valence-corrected chi connectivity index (χ4v) is 2.82. The van der Waals surface area contributed by atoms with E-state index in [1.165, 1.54) is 43.1 Å². The molecule has 0 bridgehead atoms. The summed E-state index contributed by atoms with van der Waals surface area (Å²) in [7, 11) is 2.20. The molecular weight excluding hydrogens is 262 g/mol. The Labute approximate surface area is 129 Å². The van der Waals surface area contributed by atoms with Crippen molar-refractivity contribution in [1.82, 2.24) is 24.9 Å². The summed E-state index contributed by atoms with van der Waals surface area (Å²) in [5.74, 6) is 0. The molecule has 1 fully saturated rings. The summed E-state index contributed by atoms with van der Waals surface area (Å²) in [4.78, 5) is 4.94. The van der Waals surface area contributed by atoms with E-state index in [2.05, 4.69) is 54.5 Å². The number of nitrogens with one attached hydrogen (secondary N) is 1. The highest BCUT2D eigenvalue weighted by molar-refractivity contribution is 5.24. The minimum Gasteiger partial charge on any atom is -0.310 e. The largest absolute Gasteiger partial charge is 0.310 e. The van der Waals surface area contributed by atoms with E-state index in [1.807, 2.05) is 0 Å². The first-order valence-corrected chi connectivity index (χ1v) is 8.14. The first-order valence-electron chi connectivity index (χ1n) is 8.14. The Morgan fingerprint density at radius 2 is 1.76 bits per heavy atom.